The van der Waals surface area contributed by atoms with Crippen molar-refractivity contribution in [1.82, 2.24) is 10.8 Å². The van der Waals surface area contributed by atoms with Gasteiger partial charge in [0.1, 0.15) is 5.92 Å². The van der Waals surface area contributed by atoms with Crippen LogP contribution in [-0.4, -0.2) is 29.6 Å². The Labute approximate surface area is 114 Å². The van der Waals surface area contributed by atoms with Crippen molar-refractivity contribution in [2.45, 2.75) is 12.5 Å². The number of hydrogen-bond acceptors (Lipinski definition) is 4. The van der Waals surface area contributed by atoms with Gasteiger partial charge < -0.3 is 15.3 Å². The van der Waals surface area contributed by atoms with Crippen LogP contribution in [0.15, 0.2) is 24.3 Å². The zero-order valence-electron chi connectivity index (χ0n) is 9.93. The van der Waals surface area contributed by atoms with Gasteiger partial charge in [-0.1, -0.05) is 17.7 Å². The lowest BCUT2D eigenvalue weighted by molar-refractivity contribution is -0.146. The molecular weight excluding hydrogens is 272 g/mol. The maximum Gasteiger partial charge on any atom is 0.267 e. The molecule has 102 valence electrons. The second-order valence-corrected chi connectivity index (χ2v) is 4.59. The van der Waals surface area contributed by atoms with Crippen LogP contribution in [0, 0.1) is 5.92 Å². The number of nitrogens with one attached hydrogen (secondary N) is 2. The molecule has 6 nitrogen and oxygen atoms in total. The number of carbonyl (C=O) groups excluding carboxylic acids is 2. The van der Waals surface area contributed by atoms with Crippen LogP contribution in [0.5, 0.6) is 5.75 Å². The van der Waals surface area contributed by atoms with E-state index in [1.165, 1.54) is 6.07 Å². The summed E-state index contributed by atoms with van der Waals surface area (Å²) >= 11 is 5.76. The van der Waals surface area contributed by atoms with E-state index < -0.39 is 23.8 Å². The van der Waals surface area contributed by atoms with Crippen LogP contribution in [0.1, 0.15) is 6.42 Å². The van der Waals surface area contributed by atoms with E-state index in [0.717, 1.165) is 0 Å². The first kappa shape index (κ1) is 13.6. The SMILES string of the molecule is O=C1NCCC(O)C1C(=O)NOc1cccc(Cl)c1. The van der Waals surface area contributed by atoms with Gasteiger partial charge in [0.2, 0.25) is 5.91 Å². The zero-order valence-corrected chi connectivity index (χ0v) is 10.7. The third-order valence-corrected chi connectivity index (χ3v) is 2.99. The van der Waals surface area contributed by atoms with E-state index in [4.69, 9.17) is 16.4 Å². The van der Waals surface area contributed by atoms with Crippen LogP contribution < -0.4 is 15.6 Å². The van der Waals surface area contributed by atoms with E-state index in [-0.39, 0.29) is 0 Å². The van der Waals surface area contributed by atoms with Gasteiger partial charge in [0, 0.05) is 17.6 Å². The standard InChI is InChI=1S/C12H13ClN2O4/c13-7-2-1-3-8(6-7)19-15-12(18)10-9(16)4-5-14-11(10)17/h1-3,6,9-10,16H,4-5H2,(H,14,17)(H,15,18). The van der Waals surface area contributed by atoms with Gasteiger partial charge in [-0.15, -0.1) is 0 Å². The van der Waals surface area contributed by atoms with E-state index in [1.54, 1.807) is 18.2 Å². The topological polar surface area (TPSA) is 87.7 Å². The van der Waals surface area contributed by atoms with Crippen LogP contribution in [0.4, 0.5) is 0 Å². The number of halogens is 1. The van der Waals surface area contributed by atoms with Crippen molar-refractivity contribution in [3.8, 4) is 5.75 Å². The van der Waals surface area contributed by atoms with E-state index in [0.29, 0.717) is 23.7 Å². The molecule has 2 amide bonds. The largest absolute Gasteiger partial charge is 0.392 e. The second kappa shape index (κ2) is 5.90. The summed E-state index contributed by atoms with van der Waals surface area (Å²) in [5.41, 5.74) is 2.14. The third kappa shape index (κ3) is 3.36. The highest BCUT2D eigenvalue weighted by molar-refractivity contribution is 6.30. The van der Waals surface area contributed by atoms with Crippen LogP contribution in [0.2, 0.25) is 5.02 Å². The molecule has 1 aromatic carbocycles. The quantitative estimate of drug-likeness (QED) is 0.548. The Balaban J connectivity index is 1.95. The Bertz CT molecular complexity index is 494. The number of aliphatic hydroxyl groups is 1. The van der Waals surface area contributed by atoms with E-state index in [1.807, 2.05) is 0 Å². The average Bonchev–Trinajstić information content (AvgIpc) is 2.36. The monoisotopic (exact) mass is 284 g/mol. The predicted octanol–water partition coefficient (Wildman–Crippen LogP) is 0.247. The summed E-state index contributed by atoms with van der Waals surface area (Å²) < 4.78 is 0. The number of piperidine rings is 1. The first-order valence-electron chi connectivity index (χ1n) is 5.76. The van der Waals surface area contributed by atoms with Crippen LogP contribution in [-0.2, 0) is 9.59 Å². The predicted molar refractivity (Wildman–Crippen MR) is 67.3 cm³/mol. The lowest BCUT2D eigenvalue weighted by Crippen LogP contribution is -2.52. The summed E-state index contributed by atoms with van der Waals surface area (Å²) in [6.07, 6.45) is -0.669. The number of rotatable bonds is 3. The molecule has 1 aliphatic rings. The molecule has 0 radical (unpaired) electrons. The molecule has 1 heterocycles. The number of hydrogen-bond donors (Lipinski definition) is 3. The molecule has 7 heteroatoms. The van der Waals surface area contributed by atoms with Gasteiger partial charge >= 0.3 is 0 Å². The molecule has 0 bridgehead atoms. The molecule has 2 atom stereocenters. The highest BCUT2D eigenvalue weighted by Crippen LogP contribution is 2.17. The van der Waals surface area contributed by atoms with Gasteiger partial charge in [0.15, 0.2) is 5.75 Å². The minimum Gasteiger partial charge on any atom is -0.392 e. The summed E-state index contributed by atoms with van der Waals surface area (Å²) in [6.45, 7) is 0.360. The zero-order chi connectivity index (χ0) is 13.8. The molecule has 0 aromatic heterocycles. The molecule has 1 aliphatic heterocycles. The fourth-order valence-corrected chi connectivity index (χ4v) is 1.97. The van der Waals surface area contributed by atoms with Crippen LogP contribution >= 0.6 is 11.6 Å². The van der Waals surface area contributed by atoms with E-state index in [2.05, 4.69) is 10.8 Å². The summed E-state index contributed by atoms with van der Waals surface area (Å²) in [4.78, 5) is 28.3. The fourth-order valence-electron chi connectivity index (χ4n) is 1.79. The Hall–Kier alpha value is -1.79. The van der Waals surface area contributed by atoms with Gasteiger partial charge in [-0.05, 0) is 18.6 Å². The van der Waals surface area contributed by atoms with Crippen molar-refractivity contribution in [2.75, 3.05) is 6.54 Å². The molecule has 2 rings (SSSR count). The van der Waals surface area contributed by atoms with Gasteiger partial charge in [-0.2, -0.15) is 5.48 Å². The first-order chi connectivity index (χ1) is 9.08. The highest BCUT2D eigenvalue weighted by atomic mass is 35.5. The number of benzene rings is 1. The molecule has 19 heavy (non-hydrogen) atoms. The normalized spacial score (nSPS) is 22.5. The Morgan fingerprint density at radius 3 is 3.00 bits per heavy atom. The highest BCUT2D eigenvalue weighted by Gasteiger charge is 2.37. The molecule has 3 N–H and O–H groups in total. The molecule has 1 fully saturated rings. The van der Waals surface area contributed by atoms with E-state index in [9.17, 15) is 14.7 Å². The lowest BCUT2D eigenvalue weighted by atomic mass is 9.95. The van der Waals surface area contributed by atoms with Gasteiger partial charge in [-0.3, -0.25) is 9.59 Å². The molecule has 1 saturated heterocycles. The van der Waals surface area contributed by atoms with Crippen LogP contribution in [0.25, 0.3) is 0 Å². The number of amides is 2. The fraction of sp³-hybridized carbons (Fsp3) is 0.333. The van der Waals surface area contributed by atoms with Crippen molar-refractivity contribution >= 4 is 23.4 Å². The third-order valence-electron chi connectivity index (χ3n) is 2.75. The maximum atomic E-state index is 11.8. The Morgan fingerprint density at radius 2 is 2.32 bits per heavy atom. The number of aliphatic hydroxyl groups excluding tert-OH is 1. The summed E-state index contributed by atoms with van der Waals surface area (Å²) in [5.74, 6) is -2.02. The second-order valence-electron chi connectivity index (χ2n) is 4.15. The molecule has 1 aromatic rings. The molecular formula is C12H13ClN2O4. The average molecular weight is 285 g/mol. The van der Waals surface area contributed by atoms with Gasteiger partial charge in [0.25, 0.3) is 5.91 Å². The van der Waals surface area contributed by atoms with Gasteiger partial charge in [0.05, 0.1) is 6.10 Å². The van der Waals surface area contributed by atoms with E-state index >= 15 is 0 Å². The first-order valence-corrected chi connectivity index (χ1v) is 6.14. The molecule has 0 spiro atoms. The maximum absolute atomic E-state index is 11.8. The number of hydroxylamine groups is 1. The summed E-state index contributed by atoms with van der Waals surface area (Å²) in [7, 11) is 0. The lowest BCUT2D eigenvalue weighted by Gasteiger charge is -2.25. The minimum absolute atomic E-state index is 0.334. The Morgan fingerprint density at radius 1 is 1.53 bits per heavy atom. The van der Waals surface area contributed by atoms with Crippen LogP contribution in [0.3, 0.4) is 0 Å². The minimum atomic E-state index is -1.16. The van der Waals surface area contributed by atoms with Crippen molar-refractivity contribution in [3.63, 3.8) is 0 Å². The van der Waals surface area contributed by atoms with Crippen molar-refractivity contribution in [2.24, 2.45) is 5.92 Å². The summed E-state index contributed by atoms with van der Waals surface area (Å²) in [5, 5.41) is 12.6. The molecule has 2 unspecified atom stereocenters. The molecule has 0 saturated carbocycles. The van der Waals surface area contributed by atoms with Gasteiger partial charge in [-0.25, -0.2) is 0 Å². The molecule has 0 aliphatic carbocycles. The summed E-state index contributed by atoms with van der Waals surface area (Å²) in [6, 6.07) is 6.43. The number of carbonyl (C=O) groups is 2. The van der Waals surface area contributed by atoms with Crippen molar-refractivity contribution in [1.29, 1.82) is 0 Å². The van der Waals surface area contributed by atoms with Crippen molar-refractivity contribution < 1.29 is 19.5 Å². The van der Waals surface area contributed by atoms with Crippen molar-refractivity contribution in [3.05, 3.63) is 29.3 Å². The Kier molecular flexibility index (Phi) is 4.24. The smallest absolute Gasteiger partial charge is 0.267 e.